The third-order valence-corrected chi connectivity index (χ3v) is 22.4. The van der Waals surface area contributed by atoms with E-state index in [4.69, 9.17) is 8.83 Å². The molecule has 0 N–H and O–H groups in total. The molecule has 5 heterocycles. The standard InChI is InChI=1S/C46H30N2O2.C38H25N.C24H16N2/c1-5-13-31(14-6-1)47(32-15-7-2-8-16-32)35-21-23-39-43(29-35)49-41-27-25-38-37(45(39)41)26-28-42-46(38)40-24-22-36(30-44(40)50-42)48(33-17-9-3-10-18-33)34-19-11-4-12-20-34;1-2-11-30(12-3-1)39-37-17-9-8-16-34(37)36-24-28(22-23-38(36)39)26-18-20-27(21-19-26)35-25-29-10-4-5-13-31(29)32-14-6-7-15-33(32)35;1-3-7-17(8-4-1)19-13-15-25-23-21(19)11-12-22-20(14-16-26-24(22)23)18-9-5-2-6-10-18/h1-30H;1-25H;1-16H. The van der Waals surface area contributed by atoms with Crippen molar-refractivity contribution < 1.29 is 8.83 Å². The van der Waals surface area contributed by atoms with E-state index in [1.165, 1.54) is 93.5 Å². The number of hydrogen-bond acceptors (Lipinski definition) is 6. The van der Waals surface area contributed by atoms with Crippen molar-refractivity contribution in [3.63, 3.8) is 0 Å². The lowest BCUT2D eigenvalue weighted by Gasteiger charge is -2.25. The molecule has 0 unspecified atom stereocenters. The summed E-state index contributed by atoms with van der Waals surface area (Å²) >= 11 is 0. The maximum atomic E-state index is 6.57. The smallest absolute Gasteiger partial charge is 0.137 e. The summed E-state index contributed by atoms with van der Waals surface area (Å²) in [5.74, 6) is 0. The topological polar surface area (TPSA) is 63.5 Å². The number of nitrogens with zero attached hydrogens (tertiary/aromatic N) is 5. The molecule has 18 aromatic carbocycles. The van der Waals surface area contributed by atoms with E-state index in [1.807, 2.05) is 48.8 Å². The molecule has 0 aliphatic carbocycles. The molecule has 7 nitrogen and oxygen atoms in total. The lowest BCUT2D eigenvalue weighted by atomic mass is 9.92. The molecular formula is C108H71N5O2. The number of aromatic nitrogens is 3. The summed E-state index contributed by atoms with van der Waals surface area (Å²) in [6, 6.07) is 148. The average molecular weight is 1470 g/mol. The van der Waals surface area contributed by atoms with Crippen LogP contribution in [-0.4, -0.2) is 14.5 Å². The molecule has 115 heavy (non-hydrogen) atoms. The maximum Gasteiger partial charge on any atom is 0.137 e. The molecule has 0 amide bonds. The van der Waals surface area contributed by atoms with E-state index in [0.717, 1.165) is 111 Å². The number of para-hydroxylation sites is 6. The molecule has 540 valence electrons. The molecule has 7 heteroatoms. The Morgan fingerprint density at radius 3 is 1.10 bits per heavy atom. The van der Waals surface area contributed by atoms with Crippen LogP contribution in [0.5, 0.6) is 0 Å². The molecule has 0 aliphatic rings. The van der Waals surface area contributed by atoms with Crippen molar-refractivity contribution >= 4 is 154 Å². The van der Waals surface area contributed by atoms with E-state index in [-0.39, 0.29) is 0 Å². The van der Waals surface area contributed by atoms with E-state index in [2.05, 4.69) is 407 Å². The van der Waals surface area contributed by atoms with Gasteiger partial charge >= 0.3 is 0 Å². The summed E-state index contributed by atoms with van der Waals surface area (Å²) in [4.78, 5) is 13.9. The van der Waals surface area contributed by atoms with Crippen LogP contribution in [0.2, 0.25) is 0 Å². The highest BCUT2D eigenvalue weighted by molar-refractivity contribution is 6.28. The second-order valence-electron chi connectivity index (χ2n) is 29.0. The fourth-order valence-corrected chi connectivity index (χ4v) is 17.1. The van der Waals surface area contributed by atoms with Gasteiger partial charge in [-0.1, -0.05) is 261 Å². The van der Waals surface area contributed by atoms with Gasteiger partial charge in [0.25, 0.3) is 0 Å². The third-order valence-electron chi connectivity index (χ3n) is 22.4. The Balaban J connectivity index is 0.000000114. The molecule has 0 saturated carbocycles. The number of furan rings is 2. The SMILES string of the molecule is c1ccc(-c2ccnc3c2ccc2c(-c4ccccc4)ccnc23)cc1.c1ccc(-n2c3ccccc3c3cc(-c4ccc(-c5cc6ccccc6c6ccccc56)cc4)ccc32)cc1.c1ccc(N(c2ccccc2)c2ccc3c(c2)oc2ccc4c(ccc5oc6cc(N(c7ccccc7)c7ccccc7)ccc6c54)c23)cc1. The molecule has 23 aromatic rings. The largest absolute Gasteiger partial charge is 0.456 e. The Bertz CT molecular complexity index is 7190. The van der Waals surface area contributed by atoms with Gasteiger partial charge in [-0.05, 0) is 222 Å². The highest BCUT2D eigenvalue weighted by atomic mass is 16.3. The first-order valence-corrected chi connectivity index (χ1v) is 39.0. The number of anilines is 6. The molecule has 5 aromatic heterocycles. The first kappa shape index (κ1) is 67.7. The van der Waals surface area contributed by atoms with Crippen molar-refractivity contribution in [1.29, 1.82) is 0 Å². The van der Waals surface area contributed by atoms with Gasteiger partial charge in [0.2, 0.25) is 0 Å². The third kappa shape index (κ3) is 12.3. The van der Waals surface area contributed by atoms with Gasteiger partial charge < -0.3 is 23.2 Å². The zero-order valence-electron chi connectivity index (χ0n) is 62.5. The second-order valence-corrected chi connectivity index (χ2v) is 29.0. The van der Waals surface area contributed by atoms with Crippen molar-refractivity contribution in [2.45, 2.75) is 0 Å². The first-order chi connectivity index (χ1) is 57.1. The molecular weight excluding hydrogens is 1400 g/mol. The molecule has 0 bridgehead atoms. The number of rotatable bonds is 11. The lowest BCUT2D eigenvalue weighted by Crippen LogP contribution is -2.09. The van der Waals surface area contributed by atoms with E-state index >= 15 is 0 Å². The van der Waals surface area contributed by atoms with Gasteiger partial charge in [0.1, 0.15) is 22.3 Å². The van der Waals surface area contributed by atoms with Crippen LogP contribution in [0.1, 0.15) is 0 Å². The summed E-state index contributed by atoms with van der Waals surface area (Å²) in [6.07, 6.45) is 3.75. The highest BCUT2D eigenvalue weighted by Crippen LogP contribution is 2.47. The molecule has 0 saturated heterocycles. The van der Waals surface area contributed by atoms with Crippen molar-refractivity contribution in [1.82, 2.24) is 14.5 Å². The predicted molar refractivity (Wildman–Crippen MR) is 482 cm³/mol. The van der Waals surface area contributed by atoms with Gasteiger partial charge in [-0.15, -0.1) is 0 Å². The van der Waals surface area contributed by atoms with Crippen LogP contribution in [0.15, 0.2) is 440 Å². The van der Waals surface area contributed by atoms with Crippen LogP contribution in [0, 0.1) is 0 Å². The second kappa shape index (κ2) is 29.1. The van der Waals surface area contributed by atoms with E-state index < -0.39 is 0 Å². The number of hydrogen-bond donors (Lipinski definition) is 0. The normalized spacial score (nSPS) is 11.5. The van der Waals surface area contributed by atoms with Gasteiger partial charge in [-0.3, -0.25) is 9.97 Å². The van der Waals surface area contributed by atoms with E-state index in [0.29, 0.717) is 0 Å². The quantitative estimate of drug-likeness (QED) is 0.120. The minimum atomic E-state index is 0.852. The molecule has 0 radical (unpaired) electrons. The fraction of sp³-hybridized carbons (Fsp3) is 0. The molecule has 0 spiro atoms. The van der Waals surface area contributed by atoms with Crippen LogP contribution in [0.25, 0.3) is 170 Å². The van der Waals surface area contributed by atoms with Crippen LogP contribution in [0.4, 0.5) is 34.1 Å². The van der Waals surface area contributed by atoms with Crippen LogP contribution < -0.4 is 9.80 Å². The summed E-state index contributed by atoms with van der Waals surface area (Å²) in [5.41, 5.74) is 25.1. The zero-order valence-corrected chi connectivity index (χ0v) is 62.5. The van der Waals surface area contributed by atoms with Crippen molar-refractivity contribution in [2.24, 2.45) is 0 Å². The van der Waals surface area contributed by atoms with Crippen molar-refractivity contribution in [2.75, 3.05) is 9.80 Å². The van der Waals surface area contributed by atoms with Gasteiger partial charge in [0, 0.05) is 107 Å². The average Bonchev–Trinajstić information content (AvgIpc) is 1.28. The predicted octanol–water partition coefficient (Wildman–Crippen LogP) is 30.1. The van der Waals surface area contributed by atoms with Gasteiger partial charge in [-0.25, -0.2) is 0 Å². The Kier molecular flexibility index (Phi) is 17.1. The van der Waals surface area contributed by atoms with Gasteiger partial charge in [-0.2, -0.15) is 0 Å². The number of fused-ring (bicyclic) bond motifs is 18. The van der Waals surface area contributed by atoms with Gasteiger partial charge in [0.05, 0.1) is 22.1 Å². The van der Waals surface area contributed by atoms with Crippen molar-refractivity contribution in [3.05, 3.63) is 431 Å². The monoisotopic (exact) mass is 1470 g/mol. The fourth-order valence-electron chi connectivity index (χ4n) is 17.1. The minimum Gasteiger partial charge on any atom is -0.456 e. The molecule has 0 atom stereocenters. The van der Waals surface area contributed by atoms with Crippen LogP contribution in [0.3, 0.4) is 0 Å². The summed E-state index contributed by atoms with van der Waals surface area (Å²) in [6.45, 7) is 0. The Morgan fingerprint density at radius 2 is 0.591 bits per heavy atom. The lowest BCUT2D eigenvalue weighted by molar-refractivity contribution is 0.668. The number of benzene rings is 18. The zero-order chi connectivity index (χ0) is 76.1. The summed E-state index contributed by atoms with van der Waals surface area (Å²) in [7, 11) is 0. The maximum absolute atomic E-state index is 6.57. The Morgan fingerprint density at radius 1 is 0.209 bits per heavy atom. The summed E-state index contributed by atoms with van der Waals surface area (Å²) < 4.78 is 15.5. The molecule has 23 rings (SSSR count). The summed E-state index contributed by atoms with van der Waals surface area (Å²) in [5, 5.41) is 16.7. The van der Waals surface area contributed by atoms with E-state index in [1.54, 1.807) is 0 Å². The first-order valence-electron chi connectivity index (χ1n) is 39.0. The Hall–Kier alpha value is -15.4. The highest BCUT2D eigenvalue weighted by Gasteiger charge is 2.22. The van der Waals surface area contributed by atoms with Crippen LogP contribution in [-0.2, 0) is 0 Å². The van der Waals surface area contributed by atoms with E-state index in [9.17, 15) is 0 Å². The Labute approximate surface area is 664 Å². The molecule has 0 aliphatic heterocycles. The minimum absolute atomic E-state index is 0.852. The van der Waals surface area contributed by atoms with Gasteiger partial charge in [0.15, 0.2) is 0 Å². The number of pyridine rings is 2. The molecule has 0 fully saturated rings. The van der Waals surface area contributed by atoms with Crippen molar-refractivity contribution in [3.8, 4) is 50.2 Å². The van der Waals surface area contributed by atoms with Crippen LogP contribution >= 0.6 is 0 Å².